The smallest absolute Gasteiger partial charge is 0.268 e. The molecule has 1 aromatic carbocycles. The minimum atomic E-state index is -0.0838. The molecule has 0 aliphatic carbocycles. The fraction of sp³-hybridized carbons (Fsp3) is 0.0667. The molecule has 3 heterocycles. The van der Waals surface area contributed by atoms with Crippen LogP contribution in [0.15, 0.2) is 46.7 Å². The van der Waals surface area contributed by atoms with Gasteiger partial charge in [0.05, 0.1) is 12.1 Å². The molecular weight excluding hydrogens is 306 g/mol. The summed E-state index contributed by atoms with van der Waals surface area (Å²) in [7, 11) is 0. The first-order chi connectivity index (χ1) is 10.2. The number of benzene rings is 1. The first kappa shape index (κ1) is 12.6. The average molecular weight is 316 g/mol. The van der Waals surface area contributed by atoms with E-state index in [-0.39, 0.29) is 5.56 Å². The van der Waals surface area contributed by atoms with E-state index in [1.54, 1.807) is 0 Å². The Morgan fingerprint density at radius 2 is 2.19 bits per heavy atom. The van der Waals surface area contributed by atoms with Gasteiger partial charge in [-0.3, -0.25) is 4.79 Å². The van der Waals surface area contributed by atoms with Crippen LogP contribution >= 0.6 is 22.9 Å². The van der Waals surface area contributed by atoms with Crippen LogP contribution in [-0.2, 0) is 6.54 Å². The van der Waals surface area contributed by atoms with Crippen LogP contribution in [0.25, 0.3) is 21.1 Å². The van der Waals surface area contributed by atoms with Gasteiger partial charge in [-0.25, -0.2) is 4.98 Å². The number of hydrogen-bond acceptors (Lipinski definition) is 3. The first-order valence-corrected chi connectivity index (χ1v) is 7.68. The van der Waals surface area contributed by atoms with Crippen molar-refractivity contribution in [1.29, 1.82) is 0 Å². The molecule has 1 N–H and O–H groups in total. The Bertz CT molecular complexity index is 1010. The van der Waals surface area contributed by atoms with Crippen molar-refractivity contribution in [1.82, 2.24) is 14.5 Å². The molecule has 4 aromatic rings. The molecule has 6 heteroatoms. The molecule has 0 aliphatic rings. The summed E-state index contributed by atoms with van der Waals surface area (Å²) in [5, 5.41) is 3.60. The van der Waals surface area contributed by atoms with Crippen molar-refractivity contribution >= 4 is 44.1 Å². The zero-order valence-electron chi connectivity index (χ0n) is 10.8. The molecule has 104 valence electrons. The van der Waals surface area contributed by atoms with Crippen molar-refractivity contribution in [2.75, 3.05) is 0 Å². The normalized spacial score (nSPS) is 11.5. The summed E-state index contributed by atoms with van der Waals surface area (Å²) in [5.74, 6) is 0.642. The third kappa shape index (κ3) is 2.05. The summed E-state index contributed by atoms with van der Waals surface area (Å²) in [6, 6.07) is 9.62. The van der Waals surface area contributed by atoms with Gasteiger partial charge < -0.3 is 9.55 Å². The lowest BCUT2D eigenvalue weighted by Crippen LogP contribution is -2.12. The van der Waals surface area contributed by atoms with Gasteiger partial charge in [0.15, 0.2) is 0 Å². The molecule has 0 aliphatic heterocycles. The lowest BCUT2D eigenvalue weighted by Gasteiger charge is -2.05. The van der Waals surface area contributed by atoms with Gasteiger partial charge in [-0.15, -0.1) is 11.3 Å². The van der Waals surface area contributed by atoms with Gasteiger partial charge in [-0.1, -0.05) is 17.7 Å². The van der Waals surface area contributed by atoms with Crippen LogP contribution in [0.5, 0.6) is 0 Å². The maximum Gasteiger partial charge on any atom is 0.268 e. The Hall–Kier alpha value is -2.11. The number of rotatable bonds is 2. The Kier molecular flexibility index (Phi) is 2.83. The molecule has 0 radical (unpaired) electrons. The molecule has 21 heavy (non-hydrogen) atoms. The molecule has 0 bridgehead atoms. The first-order valence-electron chi connectivity index (χ1n) is 6.42. The summed E-state index contributed by atoms with van der Waals surface area (Å²) in [4.78, 5) is 19.3. The second kappa shape index (κ2) is 4.72. The lowest BCUT2D eigenvalue weighted by atomic mass is 10.2. The van der Waals surface area contributed by atoms with Crippen LogP contribution < -0.4 is 5.56 Å². The van der Waals surface area contributed by atoms with Crippen LogP contribution in [-0.4, -0.2) is 14.5 Å². The maximum absolute atomic E-state index is 12.0. The monoisotopic (exact) mass is 315 g/mol. The molecule has 0 spiro atoms. The third-order valence-electron chi connectivity index (χ3n) is 3.44. The molecule has 0 atom stereocenters. The van der Waals surface area contributed by atoms with Crippen molar-refractivity contribution in [2.45, 2.75) is 6.54 Å². The number of nitrogens with one attached hydrogen (secondary N) is 1. The Morgan fingerprint density at radius 3 is 3.10 bits per heavy atom. The van der Waals surface area contributed by atoms with Gasteiger partial charge in [0.25, 0.3) is 5.56 Å². The molecule has 0 amide bonds. The number of halogens is 1. The van der Waals surface area contributed by atoms with E-state index in [0.717, 1.165) is 21.4 Å². The summed E-state index contributed by atoms with van der Waals surface area (Å²) >= 11 is 7.58. The predicted octanol–water partition coefficient (Wildman–Crippen LogP) is 3.64. The van der Waals surface area contributed by atoms with Crippen LogP contribution in [0.4, 0.5) is 0 Å². The number of H-pyrrole nitrogens is 1. The van der Waals surface area contributed by atoms with Crippen molar-refractivity contribution in [2.24, 2.45) is 0 Å². The maximum atomic E-state index is 12.0. The number of nitrogens with zero attached hydrogens (tertiary/aromatic N) is 2. The second-order valence-corrected chi connectivity index (χ2v) is 6.09. The highest BCUT2D eigenvalue weighted by Crippen LogP contribution is 2.24. The van der Waals surface area contributed by atoms with Gasteiger partial charge in [0.1, 0.15) is 10.5 Å². The van der Waals surface area contributed by atoms with Gasteiger partial charge in [-0.05, 0) is 29.6 Å². The Morgan fingerprint density at radius 1 is 1.29 bits per heavy atom. The number of aromatic nitrogens is 3. The largest absolute Gasteiger partial charge is 0.340 e. The van der Waals surface area contributed by atoms with E-state index in [1.165, 1.54) is 11.3 Å². The molecule has 0 saturated carbocycles. The number of aromatic amines is 1. The van der Waals surface area contributed by atoms with Crippen molar-refractivity contribution in [3.05, 3.63) is 63.1 Å². The summed E-state index contributed by atoms with van der Waals surface area (Å²) < 4.78 is 2.69. The summed E-state index contributed by atoms with van der Waals surface area (Å²) in [6.45, 7) is 0.505. The van der Waals surface area contributed by atoms with Gasteiger partial charge in [0.2, 0.25) is 0 Å². The van der Waals surface area contributed by atoms with E-state index in [0.29, 0.717) is 17.1 Å². The van der Waals surface area contributed by atoms with E-state index in [1.807, 2.05) is 46.5 Å². The molecule has 3 aromatic heterocycles. The topological polar surface area (TPSA) is 50.7 Å². The zero-order valence-corrected chi connectivity index (χ0v) is 12.4. The quantitative estimate of drug-likeness (QED) is 0.614. The molecule has 0 fully saturated rings. The van der Waals surface area contributed by atoms with Gasteiger partial charge in [-0.2, -0.15) is 0 Å². The van der Waals surface area contributed by atoms with Crippen LogP contribution in [0.2, 0.25) is 5.02 Å². The lowest BCUT2D eigenvalue weighted by molar-refractivity contribution is 0.774. The predicted molar refractivity (Wildman–Crippen MR) is 86.3 cm³/mol. The fourth-order valence-electron chi connectivity index (χ4n) is 2.48. The van der Waals surface area contributed by atoms with Crippen molar-refractivity contribution < 1.29 is 0 Å². The molecule has 4 nitrogen and oxygen atoms in total. The minimum absolute atomic E-state index is 0.0838. The average Bonchev–Trinajstić information content (AvgIpc) is 3.07. The van der Waals surface area contributed by atoms with E-state index < -0.39 is 0 Å². The van der Waals surface area contributed by atoms with Crippen LogP contribution in [0.1, 0.15) is 5.82 Å². The number of hydrogen-bond donors (Lipinski definition) is 1. The van der Waals surface area contributed by atoms with E-state index >= 15 is 0 Å². The number of thiophene rings is 1. The van der Waals surface area contributed by atoms with Crippen LogP contribution in [0, 0.1) is 0 Å². The van der Waals surface area contributed by atoms with Gasteiger partial charge >= 0.3 is 0 Å². The minimum Gasteiger partial charge on any atom is -0.340 e. The standard InChI is InChI=1S/C15H10ClN3OS/c16-10-2-1-3-12-9(10)4-6-19(12)8-13-17-11-5-7-21-14(11)15(20)18-13/h1-7H,8H2,(H,17,18,20). The highest BCUT2D eigenvalue weighted by atomic mass is 35.5. The second-order valence-electron chi connectivity index (χ2n) is 4.76. The highest BCUT2D eigenvalue weighted by Gasteiger charge is 2.08. The van der Waals surface area contributed by atoms with Crippen molar-refractivity contribution in [3.8, 4) is 0 Å². The molecular formula is C15H10ClN3OS. The van der Waals surface area contributed by atoms with Crippen molar-refractivity contribution in [3.63, 3.8) is 0 Å². The molecule has 0 saturated heterocycles. The Labute approximate surface area is 128 Å². The van der Waals surface area contributed by atoms with E-state index in [2.05, 4.69) is 9.97 Å². The fourth-order valence-corrected chi connectivity index (χ4v) is 3.44. The van der Waals surface area contributed by atoms with E-state index in [9.17, 15) is 4.79 Å². The van der Waals surface area contributed by atoms with E-state index in [4.69, 9.17) is 11.6 Å². The molecule has 0 unspecified atom stereocenters. The highest BCUT2D eigenvalue weighted by molar-refractivity contribution is 7.17. The van der Waals surface area contributed by atoms with Crippen LogP contribution in [0.3, 0.4) is 0 Å². The Balaban J connectivity index is 1.83. The SMILES string of the molecule is O=c1[nH]c(Cn2ccc3c(Cl)cccc32)nc2ccsc12. The van der Waals surface area contributed by atoms with Gasteiger partial charge in [0, 0.05) is 22.1 Å². The summed E-state index contributed by atoms with van der Waals surface area (Å²) in [5.41, 5.74) is 1.68. The zero-order chi connectivity index (χ0) is 14.4. The summed E-state index contributed by atoms with van der Waals surface area (Å²) in [6.07, 6.45) is 1.95. The third-order valence-corrected chi connectivity index (χ3v) is 4.68. The number of fused-ring (bicyclic) bond motifs is 2. The molecule has 4 rings (SSSR count).